The summed E-state index contributed by atoms with van der Waals surface area (Å²) in [5.41, 5.74) is -0.338. The van der Waals surface area contributed by atoms with Crippen molar-refractivity contribution in [2.24, 2.45) is 0 Å². The smallest absolute Gasteiger partial charge is 0.338 e. The lowest BCUT2D eigenvalue weighted by Crippen LogP contribution is -2.28. The molecule has 6 heteroatoms. The van der Waals surface area contributed by atoms with Crippen LogP contribution in [0.4, 0.5) is 10.2 Å². The van der Waals surface area contributed by atoms with Gasteiger partial charge in [-0.3, -0.25) is 4.90 Å². The summed E-state index contributed by atoms with van der Waals surface area (Å²) in [5, 5.41) is 11.9. The molecule has 0 bridgehead atoms. The van der Waals surface area contributed by atoms with Crippen molar-refractivity contribution in [2.45, 2.75) is 31.3 Å². The highest BCUT2D eigenvalue weighted by Crippen LogP contribution is 2.30. The molecular weight excluding hydrogens is 249 g/mol. The van der Waals surface area contributed by atoms with E-state index in [-0.39, 0.29) is 17.4 Å². The van der Waals surface area contributed by atoms with E-state index in [2.05, 4.69) is 15.2 Å². The van der Waals surface area contributed by atoms with Crippen molar-refractivity contribution in [2.75, 3.05) is 18.4 Å². The SMILES string of the molecule is O=C(O)c1ccnc(NC2CCN(C3CC3)C2)c1F. The van der Waals surface area contributed by atoms with Crippen LogP contribution in [0.25, 0.3) is 0 Å². The minimum Gasteiger partial charge on any atom is -0.478 e. The van der Waals surface area contributed by atoms with Crippen LogP contribution in [-0.4, -0.2) is 46.1 Å². The molecule has 1 saturated carbocycles. The number of hydrogen-bond acceptors (Lipinski definition) is 4. The van der Waals surface area contributed by atoms with Crippen molar-refractivity contribution in [3.05, 3.63) is 23.6 Å². The third-order valence-electron chi connectivity index (χ3n) is 3.74. The largest absolute Gasteiger partial charge is 0.478 e. The van der Waals surface area contributed by atoms with Crippen LogP contribution in [0.5, 0.6) is 0 Å². The summed E-state index contributed by atoms with van der Waals surface area (Å²) in [7, 11) is 0. The maximum atomic E-state index is 13.9. The van der Waals surface area contributed by atoms with Gasteiger partial charge in [0.15, 0.2) is 11.6 Å². The predicted octanol–water partition coefficient (Wildman–Crippen LogP) is 1.57. The molecule has 3 rings (SSSR count). The molecule has 102 valence electrons. The number of nitrogens with one attached hydrogen (secondary N) is 1. The molecule has 19 heavy (non-hydrogen) atoms. The first kappa shape index (κ1) is 12.3. The lowest BCUT2D eigenvalue weighted by atomic mass is 10.2. The van der Waals surface area contributed by atoms with Gasteiger partial charge in [-0.2, -0.15) is 0 Å². The molecule has 1 aliphatic heterocycles. The second-order valence-electron chi connectivity index (χ2n) is 5.18. The van der Waals surface area contributed by atoms with E-state index in [1.807, 2.05) is 0 Å². The van der Waals surface area contributed by atoms with Gasteiger partial charge in [0.2, 0.25) is 0 Å². The Hall–Kier alpha value is -1.69. The zero-order valence-electron chi connectivity index (χ0n) is 10.5. The minimum atomic E-state index is -1.27. The number of carboxylic acids is 1. The third kappa shape index (κ3) is 2.53. The second-order valence-corrected chi connectivity index (χ2v) is 5.18. The van der Waals surface area contributed by atoms with Gasteiger partial charge in [0, 0.05) is 31.4 Å². The van der Waals surface area contributed by atoms with Gasteiger partial charge in [-0.15, -0.1) is 0 Å². The van der Waals surface area contributed by atoms with E-state index in [9.17, 15) is 9.18 Å². The number of hydrogen-bond donors (Lipinski definition) is 2. The first-order chi connectivity index (χ1) is 9.15. The van der Waals surface area contributed by atoms with Crippen LogP contribution in [0, 0.1) is 5.82 Å². The monoisotopic (exact) mass is 265 g/mol. The maximum absolute atomic E-state index is 13.9. The van der Waals surface area contributed by atoms with E-state index < -0.39 is 11.8 Å². The van der Waals surface area contributed by atoms with Gasteiger partial charge in [-0.1, -0.05) is 0 Å². The Morgan fingerprint density at radius 3 is 2.95 bits per heavy atom. The lowest BCUT2D eigenvalue weighted by molar-refractivity contribution is 0.0692. The number of pyridine rings is 1. The van der Waals surface area contributed by atoms with Gasteiger partial charge in [-0.25, -0.2) is 14.2 Å². The zero-order chi connectivity index (χ0) is 13.4. The fraction of sp³-hybridized carbons (Fsp3) is 0.538. The molecule has 0 radical (unpaired) electrons. The molecule has 5 nitrogen and oxygen atoms in total. The number of rotatable bonds is 4. The van der Waals surface area contributed by atoms with Gasteiger partial charge in [0.05, 0.1) is 0 Å². The average molecular weight is 265 g/mol. The van der Waals surface area contributed by atoms with Crippen molar-refractivity contribution in [3.63, 3.8) is 0 Å². The summed E-state index contributed by atoms with van der Waals surface area (Å²) in [6.07, 6.45) is 4.78. The Labute approximate surface area is 110 Å². The molecule has 2 N–H and O–H groups in total. The molecule has 2 fully saturated rings. The molecule has 1 aliphatic carbocycles. The number of anilines is 1. The Bertz CT molecular complexity index is 505. The predicted molar refractivity (Wildman–Crippen MR) is 67.8 cm³/mol. The number of carboxylic acid groups (broad SMARTS) is 1. The quantitative estimate of drug-likeness (QED) is 0.865. The van der Waals surface area contributed by atoms with Crippen molar-refractivity contribution < 1.29 is 14.3 Å². The van der Waals surface area contributed by atoms with E-state index in [0.717, 1.165) is 19.5 Å². The van der Waals surface area contributed by atoms with Crippen LogP contribution in [0.2, 0.25) is 0 Å². The van der Waals surface area contributed by atoms with Crippen LogP contribution < -0.4 is 5.32 Å². The van der Waals surface area contributed by atoms with Crippen LogP contribution in [0.1, 0.15) is 29.6 Å². The first-order valence-electron chi connectivity index (χ1n) is 6.53. The number of carbonyl (C=O) groups is 1. The van der Waals surface area contributed by atoms with Crippen molar-refractivity contribution in [1.82, 2.24) is 9.88 Å². The second kappa shape index (κ2) is 4.77. The molecule has 1 aromatic rings. The molecule has 2 aliphatic rings. The Morgan fingerprint density at radius 2 is 2.26 bits per heavy atom. The minimum absolute atomic E-state index is 0.0440. The van der Waals surface area contributed by atoms with Crippen LogP contribution in [-0.2, 0) is 0 Å². The molecule has 1 atom stereocenters. The normalized spacial score (nSPS) is 23.5. The summed E-state index contributed by atoms with van der Waals surface area (Å²) in [5.74, 6) is -2.00. The van der Waals surface area contributed by atoms with E-state index in [0.29, 0.717) is 6.04 Å². The summed E-state index contributed by atoms with van der Waals surface area (Å²) in [6, 6.07) is 2.02. The molecule has 2 heterocycles. The number of halogens is 1. The molecule has 0 aromatic carbocycles. The number of aromatic carboxylic acids is 1. The maximum Gasteiger partial charge on any atom is 0.338 e. The van der Waals surface area contributed by atoms with Gasteiger partial charge in [0.25, 0.3) is 0 Å². The van der Waals surface area contributed by atoms with Crippen LogP contribution in [0.3, 0.4) is 0 Å². The number of nitrogens with zero attached hydrogens (tertiary/aromatic N) is 2. The standard InChI is InChI=1S/C13H16FN3O2/c14-11-10(13(18)19)3-5-15-12(11)16-8-4-6-17(7-8)9-1-2-9/h3,5,8-9H,1-2,4,6-7H2,(H,15,16)(H,18,19). The average Bonchev–Trinajstić information content (AvgIpc) is 3.12. The molecule has 1 unspecified atom stereocenters. The summed E-state index contributed by atoms with van der Waals surface area (Å²) in [6.45, 7) is 1.89. The van der Waals surface area contributed by atoms with Crippen LogP contribution >= 0.6 is 0 Å². The molecular formula is C13H16FN3O2. The van der Waals surface area contributed by atoms with Gasteiger partial charge < -0.3 is 10.4 Å². The van der Waals surface area contributed by atoms with E-state index >= 15 is 0 Å². The van der Waals surface area contributed by atoms with Gasteiger partial charge in [0.1, 0.15) is 5.56 Å². The topological polar surface area (TPSA) is 65.5 Å². The third-order valence-corrected chi connectivity index (χ3v) is 3.74. The van der Waals surface area contributed by atoms with Gasteiger partial charge >= 0.3 is 5.97 Å². The summed E-state index contributed by atoms with van der Waals surface area (Å²) in [4.78, 5) is 17.2. The Balaban J connectivity index is 1.69. The van der Waals surface area contributed by atoms with Crippen molar-refractivity contribution in [1.29, 1.82) is 0 Å². The highest BCUT2D eigenvalue weighted by Gasteiger charge is 2.34. The summed E-state index contributed by atoms with van der Waals surface area (Å²) < 4.78 is 13.9. The summed E-state index contributed by atoms with van der Waals surface area (Å²) >= 11 is 0. The van der Waals surface area contributed by atoms with E-state index in [1.165, 1.54) is 25.1 Å². The first-order valence-corrected chi connectivity index (χ1v) is 6.53. The zero-order valence-corrected chi connectivity index (χ0v) is 10.5. The molecule has 0 amide bonds. The van der Waals surface area contributed by atoms with E-state index in [4.69, 9.17) is 5.11 Å². The van der Waals surface area contributed by atoms with Crippen molar-refractivity contribution in [3.8, 4) is 0 Å². The number of likely N-dealkylation sites (tertiary alicyclic amines) is 1. The molecule has 1 aromatic heterocycles. The fourth-order valence-corrected chi connectivity index (χ4v) is 2.58. The Morgan fingerprint density at radius 1 is 1.47 bits per heavy atom. The van der Waals surface area contributed by atoms with Crippen LogP contribution in [0.15, 0.2) is 12.3 Å². The van der Waals surface area contributed by atoms with Crippen molar-refractivity contribution >= 4 is 11.8 Å². The lowest BCUT2D eigenvalue weighted by Gasteiger charge is -2.16. The number of aromatic nitrogens is 1. The van der Waals surface area contributed by atoms with Gasteiger partial charge in [-0.05, 0) is 25.3 Å². The molecule has 0 spiro atoms. The molecule has 1 saturated heterocycles. The highest BCUT2D eigenvalue weighted by atomic mass is 19.1. The highest BCUT2D eigenvalue weighted by molar-refractivity contribution is 5.88. The fourth-order valence-electron chi connectivity index (χ4n) is 2.58. The Kier molecular flexibility index (Phi) is 3.10. The van der Waals surface area contributed by atoms with E-state index in [1.54, 1.807) is 0 Å².